The standard InChI is InChI=1S/C7H11N5O2/c1-5(2)10-6(13)7(14)11-12-3-8-9-4-12/h3-5H,1-2H3,(H,10,13)(H,11,14). The molecule has 2 amide bonds. The van der Waals surface area contributed by atoms with Gasteiger partial charge in [0.15, 0.2) is 0 Å². The molecule has 7 nitrogen and oxygen atoms in total. The Morgan fingerprint density at radius 2 is 1.79 bits per heavy atom. The highest BCUT2D eigenvalue weighted by atomic mass is 16.2. The number of rotatable bonds is 2. The highest BCUT2D eigenvalue weighted by Crippen LogP contribution is 1.80. The fraction of sp³-hybridized carbons (Fsp3) is 0.429. The highest BCUT2D eigenvalue weighted by Gasteiger charge is 2.13. The lowest BCUT2D eigenvalue weighted by Crippen LogP contribution is -2.41. The minimum absolute atomic E-state index is 0.0748. The first kappa shape index (κ1) is 10.2. The van der Waals surface area contributed by atoms with Crippen molar-refractivity contribution in [1.82, 2.24) is 20.2 Å². The van der Waals surface area contributed by atoms with Crippen molar-refractivity contribution in [2.24, 2.45) is 0 Å². The van der Waals surface area contributed by atoms with E-state index in [1.165, 1.54) is 17.3 Å². The molecule has 0 spiro atoms. The number of hydrogen-bond acceptors (Lipinski definition) is 4. The van der Waals surface area contributed by atoms with Gasteiger partial charge in [0.05, 0.1) is 0 Å². The molecule has 7 heteroatoms. The van der Waals surface area contributed by atoms with Gasteiger partial charge in [0.1, 0.15) is 12.7 Å². The van der Waals surface area contributed by atoms with E-state index in [4.69, 9.17) is 0 Å². The van der Waals surface area contributed by atoms with Crippen LogP contribution < -0.4 is 10.7 Å². The Labute approximate surface area is 80.5 Å². The number of carbonyl (C=O) groups is 2. The number of nitrogens with zero attached hydrogens (tertiary/aromatic N) is 3. The van der Waals surface area contributed by atoms with Crippen LogP contribution in [0.3, 0.4) is 0 Å². The average molecular weight is 197 g/mol. The van der Waals surface area contributed by atoms with Gasteiger partial charge in [0, 0.05) is 6.04 Å². The van der Waals surface area contributed by atoms with Crippen LogP contribution in [-0.2, 0) is 9.59 Å². The molecular weight excluding hydrogens is 186 g/mol. The summed E-state index contributed by atoms with van der Waals surface area (Å²) < 4.78 is 1.20. The first-order chi connectivity index (χ1) is 6.59. The molecule has 1 heterocycles. The van der Waals surface area contributed by atoms with Gasteiger partial charge in [-0.05, 0) is 13.8 Å². The molecule has 76 valence electrons. The molecule has 0 atom stereocenters. The van der Waals surface area contributed by atoms with E-state index in [2.05, 4.69) is 20.9 Å². The molecule has 0 aliphatic carbocycles. The predicted octanol–water partition coefficient (Wildman–Crippen LogP) is -1.13. The summed E-state index contributed by atoms with van der Waals surface area (Å²) in [5.41, 5.74) is 2.27. The number of amides is 2. The van der Waals surface area contributed by atoms with E-state index in [1.54, 1.807) is 13.8 Å². The molecular formula is C7H11N5O2. The summed E-state index contributed by atoms with van der Waals surface area (Å²) in [6.07, 6.45) is 2.56. The minimum Gasteiger partial charge on any atom is -0.346 e. The molecule has 0 bridgehead atoms. The number of nitrogens with one attached hydrogen (secondary N) is 2. The summed E-state index contributed by atoms with van der Waals surface area (Å²) in [5, 5.41) is 9.37. The molecule has 14 heavy (non-hydrogen) atoms. The smallest absolute Gasteiger partial charge is 0.328 e. The fourth-order valence-electron chi connectivity index (χ4n) is 0.754. The zero-order valence-corrected chi connectivity index (χ0v) is 7.89. The Morgan fingerprint density at radius 3 is 2.29 bits per heavy atom. The first-order valence-electron chi connectivity index (χ1n) is 4.06. The van der Waals surface area contributed by atoms with Gasteiger partial charge in [-0.3, -0.25) is 15.0 Å². The molecule has 1 aromatic rings. The van der Waals surface area contributed by atoms with Crippen LogP contribution in [0.2, 0.25) is 0 Å². The Balaban J connectivity index is 2.46. The monoisotopic (exact) mass is 197 g/mol. The molecule has 2 N–H and O–H groups in total. The molecule has 0 aliphatic rings. The van der Waals surface area contributed by atoms with Crippen molar-refractivity contribution >= 4 is 11.8 Å². The molecule has 0 aliphatic heterocycles. The second-order valence-corrected chi connectivity index (χ2v) is 2.94. The van der Waals surface area contributed by atoms with E-state index in [0.717, 1.165) is 0 Å². The average Bonchev–Trinajstić information content (AvgIpc) is 2.55. The Morgan fingerprint density at radius 1 is 1.21 bits per heavy atom. The maximum atomic E-state index is 11.1. The molecule has 0 unspecified atom stereocenters. The van der Waals surface area contributed by atoms with Crippen molar-refractivity contribution in [1.29, 1.82) is 0 Å². The number of carbonyl (C=O) groups excluding carboxylic acids is 2. The van der Waals surface area contributed by atoms with Crippen molar-refractivity contribution in [3.8, 4) is 0 Å². The predicted molar refractivity (Wildman–Crippen MR) is 47.7 cm³/mol. The van der Waals surface area contributed by atoms with Gasteiger partial charge in [-0.25, -0.2) is 4.68 Å². The minimum atomic E-state index is -0.751. The van der Waals surface area contributed by atoms with Crippen molar-refractivity contribution in [2.45, 2.75) is 19.9 Å². The van der Waals surface area contributed by atoms with Crippen molar-refractivity contribution in [3.63, 3.8) is 0 Å². The Kier molecular flexibility index (Phi) is 3.16. The maximum Gasteiger partial charge on any atom is 0.328 e. The van der Waals surface area contributed by atoms with Crippen LogP contribution in [0.15, 0.2) is 12.7 Å². The summed E-state index contributed by atoms with van der Waals surface area (Å²) >= 11 is 0. The summed E-state index contributed by atoms with van der Waals surface area (Å²) in [4.78, 5) is 22.2. The van der Waals surface area contributed by atoms with E-state index in [-0.39, 0.29) is 6.04 Å². The molecule has 0 saturated carbocycles. The summed E-state index contributed by atoms with van der Waals surface area (Å²) in [5.74, 6) is -1.44. The Bertz CT molecular complexity index is 319. The zero-order valence-electron chi connectivity index (χ0n) is 7.89. The third-order valence-corrected chi connectivity index (χ3v) is 1.28. The van der Waals surface area contributed by atoms with Gasteiger partial charge < -0.3 is 5.32 Å². The molecule has 1 aromatic heterocycles. The van der Waals surface area contributed by atoms with Crippen LogP contribution in [0.1, 0.15) is 13.8 Å². The van der Waals surface area contributed by atoms with Gasteiger partial charge in [-0.1, -0.05) is 0 Å². The molecule has 0 saturated heterocycles. The van der Waals surface area contributed by atoms with Crippen molar-refractivity contribution < 1.29 is 9.59 Å². The van der Waals surface area contributed by atoms with Gasteiger partial charge in [-0.2, -0.15) is 0 Å². The van der Waals surface area contributed by atoms with Crippen LogP contribution >= 0.6 is 0 Å². The molecule has 1 rings (SSSR count). The third-order valence-electron chi connectivity index (χ3n) is 1.28. The lowest BCUT2D eigenvalue weighted by atomic mass is 10.4. The number of hydrogen-bond donors (Lipinski definition) is 2. The highest BCUT2D eigenvalue weighted by molar-refractivity contribution is 6.38. The van der Waals surface area contributed by atoms with Crippen LogP contribution in [0, 0.1) is 0 Å². The SMILES string of the molecule is CC(C)NC(=O)C(=O)Nn1cnnc1. The second-order valence-electron chi connectivity index (χ2n) is 2.94. The lowest BCUT2D eigenvalue weighted by molar-refractivity contribution is -0.137. The summed E-state index contributed by atoms with van der Waals surface area (Å²) in [7, 11) is 0. The fourth-order valence-corrected chi connectivity index (χ4v) is 0.754. The van der Waals surface area contributed by atoms with E-state index in [1.807, 2.05) is 0 Å². The van der Waals surface area contributed by atoms with E-state index in [9.17, 15) is 9.59 Å². The summed E-state index contributed by atoms with van der Waals surface area (Å²) in [6.45, 7) is 3.54. The van der Waals surface area contributed by atoms with E-state index < -0.39 is 11.8 Å². The van der Waals surface area contributed by atoms with Crippen LogP contribution in [0.4, 0.5) is 0 Å². The Hall–Kier alpha value is -1.92. The summed E-state index contributed by atoms with van der Waals surface area (Å²) in [6, 6.07) is -0.0748. The van der Waals surface area contributed by atoms with Crippen molar-refractivity contribution in [3.05, 3.63) is 12.7 Å². The van der Waals surface area contributed by atoms with Gasteiger partial charge in [0.25, 0.3) is 0 Å². The zero-order chi connectivity index (χ0) is 10.6. The lowest BCUT2D eigenvalue weighted by Gasteiger charge is -2.07. The molecule has 0 radical (unpaired) electrons. The normalized spacial score (nSPS) is 9.93. The first-order valence-corrected chi connectivity index (χ1v) is 4.06. The quantitative estimate of drug-likeness (QED) is 0.587. The van der Waals surface area contributed by atoms with Crippen LogP contribution in [0.25, 0.3) is 0 Å². The van der Waals surface area contributed by atoms with Gasteiger partial charge in [-0.15, -0.1) is 10.2 Å². The van der Waals surface area contributed by atoms with Gasteiger partial charge in [0.2, 0.25) is 0 Å². The van der Waals surface area contributed by atoms with Crippen molar-refractivity contribution in [2.75, 3.05) is 5.43 Å². The second kappa shape index (κ2) is 4.35. The van der Waals surface area contributed by atoms with E-state index in [0.29, 0.717) is 0 Å². The van der Waals surface area contributed by atoms with Crippen LogP contribution in [0.5, 0.6) is 0 Å². The topological polar surface area (TPSA) is 88.9 Å². The molecule has 0 aromatic carbocycles. The third kappa shape index (κ3) is 2.85. The number of aromatic nitrogens is 3. The van der Waals surface area contributed by atoms with Gasteiger partial charge >= 0.3 is 11.8 Å². The largest absolute Gasteiger partial charge is 0.346 e. The van der Waals surface area contributed by atoms with Crippen LogP contribution in [-0.4, -0.2) is 32.7 Å². The maximum absolute atomic E-state index is 11.1. The van der Waals surface area contributed by atoms with E-state index >= 15 is 0 Å². The molecule has 0 fully saturated rings.